The Balaban J connectivity index is 3.83. The maximum atomic E-state index is 12.0. The highest BCUT2D eigenvalue weighted by atomic mass is 16.6. The van der Waals surface area contributed by atoms with Gasteiger partial charge in [0.1, 0.15) is 5.60 Å². The Hall–Kier alpha value is -0.770. The number of carbonyl (C=O) groups is 1. The summed E-state index contributed by atoms with van der Waals surface area (Å²) >= 11 is 0. The Bertz CT molecular complexity index is 475. The summed E-state index contributed by atoms with van der Waals surface area (Å²) < 4.78 is 6.45. The highest BCUT2D eigenvalue weighted by Crippen LogP contribution is 2.15. The third-order valence-electron chi connectivity index (χ3n) is 7.17. The lowest BCUT2D eigenvalue weighted by molar-refractivity contribution is -0.908. The van der Waals surface area contributed by atoms with Crippen molar-refractivity contribution < 1.29 is 14.0 Å². The highest BCUT2D eigenvalue weighted by molar-refractivity contribution is 5.67. The zero-order valence-corrected chi connectivity index (χ0v) is 25.0. The first kappa shape index (κ1) is 34.2. The van der Waals surface area contributed by atoms with Crippen LogP contribution < -0.4 is 5.32 Å². The van der Waals surface area contributed by atoms with Crippen molar-refractivity contribution in [3.8, 4) is 0 Å². The van der Waals surface area contributed by atoms with Crippen LogP contribution in [-0.2, 0) is 4.74 Å². The fourth-order valence-electron chi connectivity index (χ4n) is 4.86. The molecule has 0 rings (SSSR count). The second-order valence-corrected chi connectivity index (χ2v) is 12.2. The lowest BCUT2D eigenvalue weighted by Gasteiger charge is -2.35. The van der Waals surface area contributed by atoms with Gasteiger partial charge in [-0.1, -0.05) is 110 Å². The van der Waals surface area contributed by atoms with Crippen LogP contribution in [0.25, 0.3) is 0 Å². The van der Waals surface area contributed by atoms with Crippen molar-refractivity contribution >= 4 is 6.09 Å². The molecule has 0 aliphatic rings. The molecule has 0 heterocycles. The molecule has 0 aromatic rings. The van der Waals surface area contributed by atoms with Gasteiger partial charge in [-0.2, -0.15) is 0 Å². The van der Waals surface area contributed by atoms with E-state index in [1.165, 1.54) is 135 Å². The van der Waals surface area contributed by atoms with E-state index in [9.17, 15) is 4.79 Å². The number of ether oxygens (including phenoxy) is 1. The van der Waals surface area contributed by atoms with Crippen LogP contribution >= 0.6 is 0 Å². The quantitative estimate of drug-likeness (QED) is 0.106. The normalized spacial score (nSPS) is 13.5. The second-order valence-electron chi connectivity index (χ2n) is 12.2. The highest BCUT2D eigenvalue weighted by Gasteiger charge is 2.22. The first-order chi connectivity index (χ1) is 16.7. The van der Waals surface area contributed by atoms with Gasteiger partial charge in [-0.05, 0) is 46.5 Å². The predicted octanol–water partition coefficient (Wildman–Crippen LogP) is 9.41. The van der Waals surface area contributed by atoms with Gasteiger partial charge in [0.25, 0.3) is 0 Å². The van der Waals surface area contributed by atoms with E-state index in [1.54, 1.807) is 0 Å². The van der Waals surface area contributed by atoms with Gasteiger partial charge in [0, 0.05) is 0 Å². The molecule has 4 heteroatoms. The lowest BCUT2D eigenvalue weighted by atomic mass is 10.0. The molecule has 0 bridgehead atoms. The summed E-state index contributed by atoms with van der Waals surface area (Å²) in [5.74, 6) is 0. The summed E-state index contributed by atoms with van der Waals surface area (Å²) in [4.78, 5) is 12.0. The fourth-order valence-corrected chi connectivity index (χ4v) is 4.86. The third kappa shape index (κ3) is 24.7. The summed E-state index contributed by atoms with van der Waals surface area (Å²) in [5, 5.41) is 2.96. The Morgan fingerprint density at radius 2 is 0.943 bits per heavy atom. The number of alkyl carbamates (subject to hydrolysis) is 1. The average Bonchev–Trinajstić information content (AvgIpc) is 2.78. The molecule has 0 radical (unpaired) electrons. The van der Waals surface area contributed by atoms with Crippen LogP contribution in [0, 0.1) is 0 Å². The van der Waals surface area contributed by atoms with Crippen molar-refractivity contribution in [3.63, 3.8) is 0 Å². The van der Waals surface area contributed by atoms with Crippen molar-refractivity contribution in [2.24, 2.45) is 0 Å². The van der Waals surface area contributed by atoms with Gasteiger partial charge in [0.2, 0.25) is 0 Å². The Morgan fingerprint density at radius 1 is 0.600 bits per heavy atom. The molecule has 0 spiro atoms. The number of hydrogen-bond donors (Lipinski definition) is 1. The number of quaternary nitrogens is 1. The molecule has 0 saturated heterocycles. The van der Waals surface area contributed by atoms with E-state index in [0.29, 0.717) is 6.54 Å². The molecule has 0 fully saturated rings. The standard InChI is InChI=1S/C31H64N2O2/c1-7-9-11-12-13-14-15-16-17-18-19-20-21-22-23-25-28-33(6,27-24-10-8-2)29-26-32-30(34)35-31(3,4)5/h7-29H2,1-6H3/p+1. The summed E-state index contributed by atoms with van der Waals surface area (Å²) in [7, 11) is 2.37. The zero-order chi connectivity index (χ0) is 26.3. The topological polar surface area (TPSA) is 38.3 Å². The van der Waals surface area contributed by atoms with Crippen LogP contribution in [0.1, 0.15) is 157 Å². The van der Waals surface area contributed by atoms with E-state index in [4.69, 9.17) is 4.74 Å². The first-order valence-corrected chi connectivity index (χ1v) is 15.5. The van der Waals surface area contributed by atoms with E-state index in [-0.39, 0.29) is 6.09 Å². The Kier molecular flexibility index (Phi) is 21.9. The van der Waals surface area contributed by atoms with Crippen molar-refractivity contribution in [2.75, 3.05) is 33.2 Å². The monoisotopic (exact) mass is 498 g/mol. The van der Waals surface area contributed by atoms with Crippen LogP contribution in [0.5, 0.6) is 0 Å². The number of carbonyl (C=O) groups excluding carboxylic acids is 1. The average molecular weight is 498 g/mol. The van der Waals surface area contributed by atoms with Crippen LogP contribution in [0.2, 0.25) is 0 Å². The lowest BCUT2D eigenvalue weighted by Crippen LogP contribution is -2.50. The number of nitrogens with zero attached hydrogens (tertiary/aromatic N) is 1. The Labute approximate surface area is 220 Å². The largest absolute Gasteiger partial charge is 0.444 e. The van der Waals surface area contributed by atoms with Gasteiger partial charge in [-0.3, -0.25) is 0 Å². The molecule has 0 aliphatic heterocycles. The maximum Gasteiger partial charge on any atom is 0.407 e. The molecule has 1 amide bonds. The van der Waals surface area contributed by atoms with Gasteiger partial charge in [-0.25, -0.2) is 4.79 Å². The predicted molar refractivity (Wildman–Crippen MR) is 154 cm³/mol. The SMILES string of the molecule is CCCCCCCCCCCCCCCCCC[N+](C)(CCCCC)CCNC(=O)OC(C)(C)C. The summed E-state index contributed by atoms with van der Waals surface area (Å²) in [6.45, 7) is 14.4. The smallest absolute Gasteiger partial charge is 0.407 e. The summed E-state index contributed by atoms with van der Waals surface area (Å²) in [6.07, 6.45) is 26.2. The van der Waals surface area contributed by atoms with Gasteiger partial charge in [-0.15, -0.1) is 0 Å². The minimum absolute atomic E-state index is 0.292. The first-order valence-electron chi connectivity index (χ1n) is 15.5. The number of nitrogens with one attached hydrogen (secondary N) is 1. The van der Waals surface area contributed by atoms with Crippen molar-refractivity contribution in [2.45, 2.75) is 162 Å². The van der Waals surface area contributed by atoms with Crippen LogP contribution in [-0.4, -0.2) is 49.4 Å². The number of unbranched alkanes of at least 4 members (excludes halogenated alkanes) is 17. The molecule has 0 aliphatic carbocycles. The number of likely N-dealkylation sites (N-methyl/N-ethyl adjacent to an activating group) is 1. The Morgan fingerprint density at radius 3 is 1.34 bits per heavy atom. The second kappa shape index (κ2) is 22.4. The number of hydrogen-bond acceptors (Lipinski definition) is 2. The van der Waals surface area contributed by atoms with E-state index < -0.39 is 5.60 Å². The molecule has 0 aromatic heterocycles. The van der Waals surface area contributed by atoms with Crippen LogP contribution in [0.4, 0.5) is 4.79 Å². The van der Waals surface area contributed by atoms with Gasteiger partial charge in [0.05, 0.1) is 33.2 Å². The molecule has 35 heavy (non-hydrogen) atoms. The molecule has 4 nitrogen and oxygen atoms in total. The number of amides is 1. The maximum absolute atomic E-state index is 12.0. The van der Waals surface area contributed by atoms with Gasteiger partial charge >= 0.3 is 6.09 Å². The van der Waals surface area contributed by atoms with Crippen LogP contribution in [0.3, 0.4) is 0 Å². The van der Waals surface area contributed by atoms with Crippen LogP contribution in [0.15, 0.2) is 0 Å². The summed E-state index contributed by atoms with van der Waals surface area (Å²) in [6, 6.07) is 0. The molecule has 210 valence electrons. The fraction of sp³-hybridized carbons (Fsp3) is 0.968. The van der Waals surface area contributed by atoms with E-state index in [1.807, 2.05) is 20.8 Å². The molecular formula is C31H65N2O2+. The van der Waals surface area contributed by atoms with Crippen molar-refractivity contribution in [3.05, 3.63) is 0 Å². The van der Waals surface area contributed by atoms with Gasteiger partial charge < -0.3 is 14.5 Å². The minimum atomic E-state index is -0.434. The van der Waals surface area contributed by atoms with E-state index >= 15 is 0 Å². The molecule has 1 N–H and O–H groups in total. The molecule has 1 unspecified atom stereocenters. The van der Waals surface area contributed by atoms with Crippen molar-refractivity contribution in [1.82, 2.24) is 5.32 Å². The van der Waals surface area contributed by atoms with E-state index in [0.717, 1.165) is 11.0 Å². The van der Waals surface area contributed by atoms with E-state index in [2.05, 4.69) is 26.2 Å². The van der Waals surface area contributed by atoms with Crippen molar-refractivity contribution in [1.29, 1.82) is 0 Å². The zero-order valence-electron chi connectivity index (χ0n) is 25.0. The number of rotatable bonds is 24. The molecule has 0 aromatic carbocycles. The summed E-state index contributed by atoms with van der Waals surface area (Å²) in [5.41, 5.74) is -0.434. The molecule has 0 saturated carbocycles. The minimum Gasteiger partial charge on any atom is -0.444 e. The molecular weight excluding hydrogens is 432 g/mol. The molecule has 1 atom stereocenters. The third-order valence-corrected chi connectivity index (χ3v) is 7.17. The van der Waals surface area contributed by atoms with Gasteiger partial charge in [0.15, 0.2) is 0 Å².